The average Bonchev–Trinajstić information content (AvgIpc) is 2.83. The Balaban J connectivity index is 2.11. The molecule has 0 amide bonds. The van der Waals surface area contributed by atoms with Crippen LogP contribution in [0.15, 0.2) is 16.3 Å². The Bertz CT molecular complexity index is 550. The van der Waals surface area contributed by atoms with Gasteiger partial charge in [-0.3, -0.25) is 0 Å². The van der Waals surface area contributed by atoms with E-state index in [2.05, 4.69) is 4.72 Å². The lowest BCUT2D eigenvalue weighted by molar-refractivity contribution is -0.0908. The Morgan fingerprint density at radius 2 is 2.26 bits per heavy atom. The topological polar surface area (TPSA) is 75.6 Å². The summed E-state index contributed by atoms with van der Waals surface area (Å²) in [5, 5.41) is 10.5. The molecule has 2 rings (SSSR count). The van der Waals surface area contributed by atoms with Crippen molar-refractivity contribution in [1.29, 1.82) is 0 Å². The van der Waals surface area contributed by atoms with Crippen LogP contribution in [0.4, 0.5) is 0 Å². The summed E-state index contributed by atoms with van der Waals surface area (Å²) >= 11 is 1.24. The summed E-state index contributed by atoms with van der Waals surface area (Å²) in [6, 6.07) is 1.38. The summed E-state index contributed by atoms with van der Waals surface area (Å²) in [6.07, 6.45) is 0.760. The number of aliphatic hydroxyl groups is 1. The van der Waals surface area contributed by atoms with Crippen molar-refractivity contribution in [3.05, 3.63) is 16.3 Å². The van der Waals surface area contributed by atoms with E-state index in [9.17, 15) is 8.42 Å². The molecule has 1 aliphatic carbocycles. The minimum Gasteiger partial charge on any atom is -0.391 e. The summed E-state index contributed by atoms with van der Waals surface area (Å²) in [5.74, 6) is 0. The molecule has 0 spiro atoms. The van der Waals surface area contributed by atoms with Crippen molar-refractivity contribution in [2.24, 2.45) is 5.41 Å². The van der Waals surface area contributed by atoms with Gasteiger partial charge in [0.15, 0.2) is 0 Å². The Morgan fingerprint density at radius 3 is 2.74 bits per heavy atom. The second-order valence-corrected chi connectivity index (χ2v) is 8.07. The molecule has 0 bridgehead atoms. The highest BCUT2D eigenvalue weighted by molar-refractivity contribution is 7.89. The molecule has 19 heavy (non-hydrogen) atoms. The third kappa shape index (κ3) is 2.71. The molecule has 0 aliphatic heterocycles. The van der Waals surface area contributed by atoms with Gasteiger partial charge in [0.25, 0.3) is 0 Å². The van der Waals surface area contributed by atoms with Crippen LogP contribution in [-0.4, -0.2) is 32.8 Å². The zero-order chi connectivity index (χ0) is 14.3. The van der Waals surface area contributed by atoms with Crippen LogP contribution in [0.1, 0.15) is 25.1 Å². The number of thiophene rings is 1. The van der Waals surface area contributed by atoms with E-state index in [1.807, 2.05) is 13.8 Å². The Labute approximate surface area is 117 Å². The highest BCUT2D eigenvalue weighted by atomic mass is 32.2. The van der Waals surface area contributed by atoms with Crippen LogP contribution >= 0.6 is 11.3 Å². The molecule has 1 aliphatic rings. The molecule has 1 fully saturated rings. The molecule has 2 N–H and O–H groups in total. The third-order valence-electron chi connectivity index (χ3n) is 3.86. The molecule has 0 radical (unpaired) electrons. The Morgan fingerprint density at radius 1 is 1.58 bits per heavy atom. The number of methoxy groups -OCH3 is 1. The van der Waals surface area contributed by atoms with E-state index in [-0.39, 0.29) is 29.1 Å². The van der Waals surface area contributed by atoms with Gasteiger partial charge in [0, 0.05) is 28.8 Å². The maximum atomic E-state index is 12.2. The first-order valence-electron chi connectivity index (χ1n) is 6.04. The summed E-state index contributed by atoms with van der Waals surface area (Å²) in [6.45, 7) is 3.84. The van der Waals surface area contributed by atoms with Gasteiger partial charge >= 0.3 is 0 Å². The highest BCUT2D eigenvalue weighted by Crippen LogP contribution is 2.43. The zero-order valence-corrected chi connectivity index (χ0v) is 12.8. The summed E-state index contributed by atoms with van der Waals surface area (Å²) in [4.78, 5) is 0.862. The zero-order valence-electron chi connectivity index (χ0n) is 11.2. The number of hydrogen-bond acceptors (Lipinski definition) is 5. The van der Waals surface area contributed by atoms with E-state index < -0.39 is 10.0 Å². The van der Waals surface area contributed by atoms with Crippen molar-refractivity contribution in [3.63, 3.8) is 0 Å². The predicted octanol–water partition coefficient (Wildman–Crippen LogP) is 1.33. The maximum absolute atomic E-state index is 12.2. The van der Waals surface area contributed by atoms with Gasteiger partial charge in [-0.15, -0.1) is 11.3 Å². The number of ether oxygens (including phenoxy) is 1. The number of rotatable bonds is 5. The second-order valence-electron chi connectivity index (χ2n) is 5.36. The van der Waals surface area contributed by atoms with Crippen molar-refractivity contribution >= 4 is 21.4 Å². The van der Waals surface area contributed by atoms with E-state index in [1.54, 1.807) is 12.5 Å². The minimum atomic E-state index is -3.52. The number of hydrogen-bond donors (Lipinski definition) is 2. The molecule has 1 aromatic rings. The molecule has 1 saturated carbocycles. The molecule has 0 saturated heterocycles. The number of aliphatic hydroxyl groups excluding tert-OH is 1. The Hall–Kier alpha value is -0.470. The molecule has 5 nitrogen and oxygen atoms in total. The molecule has 2 atom stereocenters. The van der Waals surface area contributed by atoms with Crippen molar-refractivity contribution in [2.75, 3.05) is 7.11 Å². The number of nitrogens with one attached hydrogen (secondary N) is 1. The van der Waals surface area contributed by atoms with Crippen LogP contribution in [0.5, 0.6) is 0 Å². The quantitative estimate of drug-likeness (QED) is 0.860. The molecule has 7 heteroatoms. The van der Waals surface area contributed by atoms with Gasteiger partial charge in [0.2, 0.25) is 10.0 Å². The first-order chi connectivity index (χ1) is 8.81. The van der Waals surface area contributed by atoms with Crippen LogP contribution in [0.25, 0.3) is 0 Å². The smallest absolute Gasteiger partial charge is 0.241 e. The Kier molecular flexibility index (Phi) is 4.04. The summed E-state index contributed by atoms with van der Waals surface area (Å²) in [5.41, 5.74) is -0.211. The van der Waals surface area contributed by atoms with Gasteiger partial charge in [-0.25, -0.2) is 13.1 Å². The summed E-state index contributed by atoms with van der Waals surface area (Å²) in [7, 11) is -1.88. The molecule has 0 aromatic carbocycles. The molecule has 2 unspecified atom stereocenters. The molecule has 1 heterocycles. The average molecular weight is 305 g/mol. The molecular formula is C12H19NO4S2. The van der Waals surface area contributed by atoms with Gasteiger partial charge in [-0.05, 0) is 12.5 Å². The fourth-order valence-corrected chi connectivity index (χ4v) is 4.86. The highest BCUT2D eigenvalue weighted by Gasteiger charge is 2.50. The van der Waals surface area contributed by atoms with Crippen LogP contribution in [0.2, 0.25) is 0 Å². The first-order valence-corrected chi connectivity index (χ1v) is 8.41. The third-order valence-corrected chi connectivity index (χ3v) is 6.38. The van der Waals surface area contributed by atoms with Gasteiger partial charge in [-0.1, -0.05) is 13.8 Å². The standard InChI is InChI=1S/C12H19NO4S2/c1-12(2)10(5-11(12)17-3)13-19(15,16)9-4-8(6-14)18-7-9/h4,7,10-11,13-14H,5-6H2,1-3H3. The molecule has 1 aromatic heterocycles. The maximum Gasteiger partial charge on any atom is 0.241 e. The van der Waals surface area contributed by atoms with Gasteiger partial charge in [0.05, 0.1) is 17.6 Å². The van der Waals surface area contributed by atoms with Crippen LogP contribution in [0, 0.1) is 5.41 Å². The van der Waals surface area contributed by atoms with Crippen LogP contribution < -0.4 is 4.72 Å². The number of sulfonamides is 1. The fraction of sp³-hybridized carbons (Fsp3) is 0.667. The monoisotopic (exact) mass is 305 g/mol. The minimum absolute atomic E-state index is 0.0793. The van der Waals surface area contributed by atoms with Crippen molar-refractivity contribution < 1.29 is 18.3 Å². The van der Waals surface area contributed by atoms with Gasteiger partial charge in [-0.2, -0.15) is 0 Å². The normalized spacial score (nSPS) is 26.1. The van der Waals surface area contributed by atoms with E-state index in [4.69, 9.17) is 9.84 Å². The molecule has 108 valence electrons. The SMILES string of the molecule is COC1CC(NS(=O)(=O)c2csc(CO)c2)C1(C)C. The van der Waals surface area contributed by atoms with Crippen molar-refractivity contribution in [1.82, 2.24) is 4.72 Å². The van der Waals surface area contributed by atoms with Crippen molar-refractivity contribution in [3.8, 4) is 0 Å². The first kappa shape index (κ1) is 14.9. The van der Waals surface area contributed by atoms with Crippen molar-refractivity contribution in [2.45, 2.75) is 43.9 Å². The second kappa shape index (κ2) is 5.14. The lowest BCUT2D eigenvalue weighted by Crippen LogP contribution is -2.61. The summed E-state index contributed by atoms with van der Waals surface area (Å²) < 4.78 is 32.5. The van der Waals surface area contributed by atoms with Crippen LogP contribution in [-0.2, 0) is 21.4 Å². The van der Waals surface area contributed by atoms with E-state index in [0.29, 0.717) is 11.3 Å². The lowest BCUT2D eigenvalue weighted by Gasteiger charge is -2.50. The molecular weight excluding hydrogens is 286 g/mol. The van der Waals surface area contributed by atoms with Crippen LogP contribution in [0.3, 0.4) is 0 Å². The largest absolute Gasteiger partial charge is 0.391 e. The fourth-order valence-electron chi connectivity index (χ4n) is 2.33. The van der Waals surface area contributed by atoms with E-state index in [1.165, 1.54) is 17.4 Å². The predicted molar refractivity (Wildman–Crippen MR) is 73.5 cm³/mol. The lowest BCUT2D eigenvalue weighted by atomic mass is 9.65. The van der Waals surface area contributed by atoms with Gasteiger partial charge in [0.1, 0.15) is 0 Å². The van der Waals surface area contributed by atoms with Gasteiger partial charge < -0.3 is 9.84 Å². The van der Waals surface area contributed by atoms with E-state index >= 15 is 0 Å². The van der Waals surface area contributed by atoms with E-state index in [0.717, 1.165) is 0 Å².